The maximum Gasteiger partial charge on any atom is 0.264 e. The number of hydrogen-bond acceptors (Lipinski definition) is 7. The molecule has 0 bridgehead atoms. The van der Waals surface area contributed by atoms with E-state index in [9.17, 15) is 23.1 Å². The zero-order valence-corrected chi connectivity index (χ0v) is 22.3. The Bertz CT molecular complexity index is 1550. The minimum absolute atomic E-state index is 0.0472. The summed E-state index contributed by atoms with van der Waals surface area (Å²) in [5.41, 5.74) is 1.87. The topological polar surface area (TPSA) is 122 Å². The van der Waals surface area contributed by atoms with Crippen molar-refractivity contribution in [2.45, 2.75) is 49.3 Å². The van der Waals surface area contributed by atoms with Crippen molar-refractivity contribution in [1.82, 2.24) is 14.9 Å². The minimum atomic E-state index is -3.61. The van der Waals surface area contributed by atoms with Gasteiger partial charge >= 0.3 is 0 Å². The summed E-state index contributed by atoms with van der Waals surface area (Å²) in [5, 5.41) is 13.6. The molecule has 1 aliphatic heterocycles. The minimum Gasteiger partial charge on any atom is -0.395 e. The number of nitrogens with zero attached hydrogens (tertiary/aromatic N) is 3. The molecule has 1 aliphatic carbocycles. The highest BCUT2D eigenvalue weighted by molar-refractivity contribution is 7.94. The number of aromatic nitrogens is 2. The monoisotopic (exact) mass is 544 g/mol. The fourth-order valence-electron chi connectivity index (χ4n) is 5.02. The third kappa shape index (κ3) is 4.30. The Hall–Kier alpha value is -2.95. The first kappa shape index (κ1) is 25.7. The van der Waals surface area contributed by atoms with Crippen LogP contribution in [0.15, 0.2) is 47.4 Å². The van der Waals surface area contributed by atoms with Gasteiger partial charge in [0.1, 0.15) is 10.7 Å². The maximum absolute atomic E-state index is 13.4. The van der Waals surface area contributed by atoms with Gasteiger partial charge in [-0.3, -0.25) is 9.59 Å². The lowest BCUT2D eigenvalue weighted by atomic mass is 10.1. The zero-order chi connectivity index (χ0) is 26.6. The molecule has 1 amide bonds. The molecule has 9 nitrogen and oxygen atoms in total. The number of para-hydroxylation sites is 1. The van der Waals surface area contributed by atoms with Crippen molar-refractivity contribution in [3.05, 3.63) is 69.2 Å². The molecule has 1 saturated carbocycles. The zero-order valence-electron chi connectivity index (χ0n) is 20.7. The molecule has 1 fully saturated rings. The van der Waals surface area contributed by atoms with Crippen molar-refractivity contribution >= 4 is 43.9 Å². The number of amides is 1. The molecule has 196 valence electrons. The van der Waals surface area contributed by atoms with Crippen LogP contribution in [0.5, 0.6) is 0 Å². The number of hydrogen-bond donors (Lipinski definition) is 2. The molecular formula is C26H29ClN4O5S. The van der Waals surface area contributed by atoms with E-state index < -0.39 is 31.8 Å². The number of anilines is 1. The lowest BCUT2D eigenvalue weighted by molar-refractivity contribution is 0.0949. The molecule has 11 heteroatoms. The number of carbonyl (C=O) groups excluding carboxylic acids is 1. The lowest BCUT2D eigenvalue weighted by Gasteiger charge is -2.37. The Labute approximate surface area is 220 Å². The summed E-state index contributed by atoms with van der Waals surface area (Å²) < 4.78 is 26.2. The standard InChI is InChI=1S/C26H29ClN4O5S/c1-25(2,16-32)37(35,36)26(8-9-26)15-30-10-11-31-22-18(4-3-5-20(22)30)12-19(24(31)34)23(33)29-14-17-6-7-21(27)28-13-17/h3-7,12-13,32H,8-11,14-16H2,1-2H3,(H,29,33). The van der Waals surface area contributed by atoms with Crippen molar-refractivity contribution in [3.8, 4) is 0 Å². The van der Waals surface area contributed by atoms with E-state index in [1.165, 1.54) is 0 Å². The molecule has 0 atom stereocenters. The summed E-state index contributed by atoms with van der Waals surface area (Å²) in [6, 6.07) is 10.5. The molecule has 2 N–H and O–H groups in total. The molecule has 37 heavy (non-hydrogen) atoms. The molecule has 0 saturated heterocycles. The number of sulfone groups is 1. The predicted octanol–water partition coefficient (Wildman–Crippen LogP) is 2.52. The van der Waals surface area contributed by atoms with Gasteiger partial charge in [0.05, 0.1) is 27.3 Å². The van der Waals surface area contributed by atoms with Gasteiger partial charge in [0.15, 0.2) is 9.84 Å². The Morgan fingerprint density at radius 3 is 2.62 bits per heavy atom. The predicted molar refractivity (Wildman–Crippen MR) is 143 cm³/mol. The number of carbonyl (C=O) groups is 1. The third-order valence-electron chi connectivity index (χ3n) is 7.48. The summed E-state index contributed by atoms with van der Waals surface area (Å²) >= 11 is 5.81. The molecular weight excluding hydrogens is 516 g/mol. The molecule has 0 radical (unpaired) electrons. The third-order valence-corrected chi connectivity index (χ3v) is 11.0. The second-order valence-corrected chi connectivity index (χ2v) is 13.8. The Balaban J connectivity index is 1.45. The van der Waals surface area contributed by atoms with Crippen LogP contribution in [0.1, 0.15) is 42.6 Å². The Kier molecular flexibility index (Phi) is 6.32. The number of nitrogens with one attached hydrogen (secondary N) is 1. The van der Waals surface area contributed by atoms with E-state index in [2.05, 4.69) is 10.3 Å². The van der Waals surface area contributed by atoms with E-state index in [1.54, 1.807) is 42.8 Å². The molecule has 2 aliphatic rings. The van der Waals surface area contributed by atoms with Gasteiger partial charge in [-0.1, -0.05) is 29.8 Å². The van der Waals surface area contributed by atoms with Crippen LogP contribution in [-0.2, 0) is 22.9 Å². The van der Waals surface area contributed by atoms with Gasteiger partial charge in [-0.2, -0.15) is 0 Å². The average molecular weight is 545 g/mol. The van der Waals surface area contributed by atoms with Crippen molar-refractivity contribution in [2.24, 2.45) is 0 Å². The first-order valence-electron chi connectivity index (χ1n) is 12.1. The van der Waals surface area contributed by atoms with Gasteiger partial charge in [0, 0.05) is 37.8 Å². The average Bonchev–Trinajstić information content (AvgIpc) is 3.67. The number of benzene rings is 1. The van der Waals surface area contributed by atoms with Crippen LogP contribution < -0.4 is 15.8 Å². The molecule has 3 aromatic rings. The van der Waals surface area contributed by atoms with E-state index in [4.69, 9.17) is 11.6 Å². The van der Waals surface area contributed by atoms with Crippen LogP contribution in [0, 0.1) is 0 Å². The largest absolute Gasteiger partial charge is 0.395 e. The quantitative estimate of drug-likeness (QED) is 0.418. The van der Waals surface area contributed by atoms with Gasteiger partial charge in [0.2, 0.25) is 0 Å². The summed E-state index contributed by atoms with van der Waals surface area (Å²) in [7, 11) is -3.61. The Morgan fingerprint density at radius 1 is 1.22 bits per heavy atom. The Morgan fingerprint density at radius 2 is 1.97 bits per heavy atom. The number of pyridine rings is 2. The molecule has 0 spiro atoms. The second-order valence-electron chi connectivity index (χ2n) is 10.4. The lowest BCUT2D eigenvalue weighted by Crippen LogP contribution is -2.50. The van der Waals surface area contributed by atoms with Gasteiger partial charge < -0.3 is 19.9 Å². The highest BCUT2D eigenvalue weighted by atomic mass is 35.5. The number of aliphatic hydroxyl groups is 1. The molecule has 1 aromatic carbocycles. The fourth-order valence-corrected chi connectivity index (χ4v) is 7.44. The van der Waals surface area contributed by atoms with E-state index >= 15 is 0 Å². The molecule has 5 rings (SSSR count). The maximum atomic E-state index is 13.4. The van der Waals surface area contributed by atoms with Crippen LogP contribution in [0.3, 0.4) is 0 Å². The molecule has 2 aromatic heterocycles. The first-order chi connectivity index (χ1) is 17.5. The van der Waals surface area contributed by atoms with Crippen LogP contribution in [-0.4, -0.2) is 58.2 Å². The van der Waals surface area contributed by atoms with Gasteiger partial charge in [-0.05, 0) is 50.5 Å². The van der Waals surface area contributed by atoms with Crippen LogP contribution >= 0.6 is 11.6 Å². The summed E-state index contributed by atoms with van der Waals surface area (Å²) in [6.07, 6.45) is 2.65. The highest BCUT2D eigenvalue weighted by Gasteiger charge is 2.60. The second kappa shape index (κ2) is 9.11. The van der Waals surface area contributed by atoms with Crippen molar-refractivity contribution in [1.29, 1.82) is 0 Å². The molecule has 3 heterocycles. The van der Waals surface area contributed by atoms with Crippen LogP contribution in [0.2, 0.25) is 5.15 Å². The summed E-state index contributed by atoms with van der Waals surface area (Å²) in [5.74, 6) is -0.479. The first-order valence-corrected chi connectivity index (χ1v) is 14.0. The van der Waals surface area contributed by atoms with Gasteiger partial charge in [-0.15, -0.1) is 0 Å². The van der Waals surface area contributed by atoms with Crippen LogP contribution in [0.25, 0.3) is 10.9 Å². The van der Waals surface area contributed by atoms with E-state index in [-0.39, 0.29) is 17.7 Å². The smallest absolute Gasteiger partial charge is 0.264 e. The van der Waals surface area contributed by atoms with Crippen LogP contribution in [0.4, 0.5) is 5.69 Å². The number of halogens is 1. The van der Waals surface area contributed by atoms with Gasteiger partial charge in [0.25, 0.3) is 11.5 Å². The van der Waals surface area contributed by atoms with E-state index in [0.717, 1.165) is 16.6 Å². The number of rotatable bonds is 8. The number of aliphatic hydroxyl groups excluding tert-OH is 1. The van der Waals surface area contributed by atoms with Crippen molar-refractivity contribution in [3.63, 3.8) is 0 Å². The van der Waals surface area contributed by atoms with Gasteiger partial charge in [-0.25, -0.2) is 13.4 Å². The fraction of sp³-hybridized carbons (Fsp3) is 0.423. The SMILES string of the molecule is CC(C)(CO)S(=O)(=O)C1(CN2CCn3c(=O)c(C(=O)NCc4ccc(Cl)nc4)cc4cccc2c43)CC1. The van der Waals surface area contributed by atoms with Crippen molar-refractivity contribution < 1.29 is 18.3 Å². The highest BCUT2D eigenvalue weighted by Crippen LogP contribution is 2.49. The van der Waals surface area contributed by atoms with E-state index in [1.807, 2.05) is 23.1 Å². The normalized spacial score (nSPS) is 16.6. The van der Waals surface area contributed by atoms with Crippen molar-refractivity contribution in [2.75, 3.05) is 24.6 Å². The summed E-state index contributed by atoms with van der Waals surface area (Å²) in [6.45, 7) is 3.94. The van der Waals surface area contributed by atoms with E-state index in [0.29, 0.717) is 43.1 Å². The summed E-state index contributed by atoms with van der Waals surface area (Å²) in [4.78, 5) is 32.3. The molecule has 0 unspecified atom stereocenters.